The van der Waals surface area contributed by atoms with Crippen molar-refractivity contribution >= 4 is 17.5 Å². The van der Waals surface area contributed by atoms with Crippen LogP contribution in [0.25, 0.3) is 17.0 Å². The van der Waals surface area contributed by atoms with Crippen LogP contribution in [-0.4, -0.2) is 24.9 Å². The van der Waals surface area contributed by atoms with Crippen LogP contribution in [-0.2, 0) is 18.4 Å². The van der Waals surface area contributed by atoms with Crippen molar-refractivity contribution < 1.29 is 0 Å². The second-order valence-corrected chi connectivity index (χ2v) is 8.21. The lowest BCUT2D eigenvalue weighted by Gasteiger charge is -2.35. The Morgan fingerprint density at radius 3 is 2.81 bits per heavy atom. The summed E-state index contributed by atoms with van der Waals surface area (Å²) >= 11 is 1.52. The van der Waals surface area contributed by atoms with Gasteiger partial charge in [-0.3, -0.25) is 4.79 Å². The second kappa shape index (κ2) is 6.68. The van der Waals surface area contributed by atoms with Crippen LogP contribution in [0.2, 0.25) is 0 Å². The van der Waals surface area contributed by atoms with E-state index in [1.165, 1.54) is 17.3 Å². The average Bonchev–Trinajstić information content (AvgIpc) is 3.04. The predicted octanol–water partition coefficient (Wildman–Crippen LogP) is 4.08. The topological polar surface area (TPSA) is 52.2 Å². The van der Waals surface area contributed by atoms with Crippen LogP contribution in [0.1, 0.15) is 38.3 Å². The third-order valence-electron chi connectivity index (χ3n) is 5.56. The maximum Gasteiger partial charge on any atom is 0.265 e. The van der Waals surface area contributed by atoms with Gasteiger partial charge in [0.1, 0.15) is 0 Å². The van der Waals surface area contributed by atoms with Crippen molar-refractivity contribution in [1.29, 1.82) is 0 Å². The SMILES string of the molecule is C=CCSc1nn(CC)c2nc3c(c(=O)n12)[C@](C)(CC)Cc1ccccc1-3. The van der Waals surface area contributed by atoms with Gasteiger partial charge in [0.05, 0.1) is 11.3 Å². The van der Waals surface area contributed by atoms with Crippen LogP contribution in [0, 0.1) is 0 Å². The third-order valence-corrected chi connectivity index (χ3v) is 6.49. The Kier molecular flexibility index (Phi) is 4.46. The molecular weight excluding hydrogens is 356 g/mol. The maximum atomic E-state index is 13.7. The zero-order valence-corrected chi connectivity index (χ0v) is 16.8. The lowest BCUT2D eigenvalue weighted by atomic mass is 9.69. The average molecular weight is 381 g/mol. The van der Waals surface area contributed by atoms with Gasteiger partial charge in [0.2, 0.25) is 5.78 Å². The summed E-state index contributed by atoms with van der Waals surface area (Å²) in [7, 11) is 0. The van der Waals surface area contributed by atoms with Gasteiger partial charge in [-0.25, -0.2) is 14.1 Å². The molecule has 140 valence electrons. The second-order valence-electron chi connectivity index (χ2n) is 7.22. The highest BCUT2D eigenvalue weighted by atomic mass is 32.2. The monoisotopic (exact) mass is 380 g/mol. The number of aromatic nitrogens is 4. The minimum Gasteiger partial charge on any atom is -0.268 e. The molecule has 1 atom stereocenters. The molecule has 0 saturated heterocycles. The van der Waals surface area contributed by atoms with E-state index in [0.29, 0.717) is 23.2 Å². The van der Waals surface area contributed by atoms with Gasteiger partial charge < -0.3 is 0 Å². The molecule has 2 heterocycles. The van der Waals surface area contributed by atoms with Gasteiger partial charge >= 0.3 is 0 Å². The highest BCUT2D eigenvalue weighted by Gasteiger charge is 2.38. The summed E-state index contributed by atoms with van der Waals surface area (Å²) in [6.07, 6.45) is 3.56. The molecule has 0 aliphatic heterocycles. The van der Waals surface area contributed by atoms with Gasteiger partial charge in [0.15, 0.2) is 5.16 Å². The molecule has 0 spiro atoms. The number of benzene rings is 1. The fourth-order valence-corrected chi connectivity index (χ4v) is 4.66. The van der Waals surface area contributed by atoms with E-state index in [9.17, 15) is 4.79 Å². The van der Waals surface area contributed by atoms with Gasteiger partial charge in [-0.1, -0.05) is 56.0 Å². The van der Waals surface area contributed by atoms with Gasteiger partial charge in [0, 0.05) is 23.3 Å². The largest absolute Gasteiger partial charge is 0.268 e. The third kappa shape index (κ3) is 2.65. The Labute approximate surface area is 163 Å². The lowest BCUT2D eigenvalue weighted by molar-refractivity contribution is 0.439. The van der Waals surface area contributed by atoms with Crippen LogP contribution in [0.5, 0.6) is 0 Å². The Morgan fingerprint density at radius 1 is 1.33 bits per heavy atom. The van der Waals surface area contributed by atoms with E-state index in [2.05, 4.69) is 43.7 Å². The molecule has 0 N–H and O–H groups in total. The zero-order chi connectivity index (χ0) is 19.2. The molecule has 4 rings (SSSR count). The van der Waals surface area contributed by atoms with Crippen molar-refractivity contribution in [3.8, 4) is 11.3 Å². The first kappa shape index (κ1) is 18.0. The fraction of sp³-hybridized carbons (Fsp3) is 0.381. The fourth-order valence-electron chi connectivity index (χ4n) is 3.94. The summed E-state index contributed by atoms with van der Waals surface area (Å²) in [5.41, 5.74) is 3.75. The molecule has 1 aliphatic rings. The number of fused-ring (bicyclic) bond motifs is 4. The Hall–Kier alpha value is -2.34. The van der Waals surface area contributed by atoms with Crippen molar-refractivity contribution in [2.45, 2.75) is 50.7 Å². The molecule has 0 saturated carbocycles. The normalized spacial score (nSPS) is 18.3. The quantitative estimate of drug-likeness (QED) is 0.494. The first-order valence-electron chi connectivity index (χ1n) is 9.40. The summed E-state index contributed by atoms with van der Waals surface area (Å²) in [6, 6.07) is 8.30. The molecule has 0 unspecified atom stereocenters. The Balaban J connectivity index is 2.11. The molecule has 0 fully saturated rings. The van der Waals surface area contributed by atoms with E-state index in [1.807, 2.05) is 23.7 Å². The van der Waals surface area contributed by atoms with Crippen LogP contribution in [0.3, 0.4) is 0 Å². The highest BCUT2D eigenvalue weighted by molar-refractivity contribution is 7.99. The first-order valence-corrected chi connectivity index (χ1v) is 10.4. The molecule has 3 aromatic rings. The molecule has 5 nitrogen and oxygen atoms in total. The Bertz CT molecular complexity index is 1100. The van der Waals surface area contributed by atoms with Crippen molar-refractivity contribution in [3.63, 3.8) is 0 Å². The minimum atomic E-state index is -0.232. The van der Waals surface area contributed by atoms with Gasteiger partial charge in [-0.15, -0.1) is 11.7 Å². The number of aryl methyl sites for hydroxylation is 1. The lowest BCUT2D eigenvalue weighted by Crippen LogP contribution is -2.37. The minimum absolute atomic E-state index is 0.0140. The van der Waals surface area contributed by atoms with E-state index in [0.717, 1.165) is 29.7 Å². The molecule has 1 aromatic carbocycles. The first-order chi connectivity index (χ1) is 13.0. The summed E-state index contributed by atoms with van der Waals surface area (Å²) in [4.78, 5) is 18.7. The van der Waals surface area contributed by atoms with Gasteiger partial charge in [0.25, 0.3) is 5.56 Å². The summed E-state index contributed by atoms with van der Waals surface area (Å²) in [5, 5.41) is 5.32. The zero-order valence-electron chi connectivity index (χ0n) is 16.0. The molecule has 1 aliphatic carbocycles. The highest BCUT2D eigenvalue weighted by Crippen LogP contribution is 2.42. The van der Waals surface area contributed by atoms with E-state index in [4.69, 9.17) is 4.98 Å². The predicted molar refractivity (Wildman–Crippen MR) is 111 cm³/mol. The van der Waals surface area contributed by atoms with Crippen LogP contribution >= 0.6 is 11.8 Å². The van der Waals surface area contributed by atoms with E-state index >= 15 is 0 Å². The van der Waals surface area contributed by atoms with Crippen molar-refractivity contribution in [2.75, 3.05) is 5.75 Å². The van der Waals surface area contributed by atoms with Crippen molar-refractivity contribution in [2.24, 2.45) is 0 Å². The standard InChI is InChI=1S/C21H24N4OS/c1-5-12-27-20-23-24(7-3)19-22-17-15-11-9-8-10-14(15)13-21(4,6-2)16(17)18(26)25(19)20/h5,8-11H,1,6-7,12-13H2,2-4H3/t21-/m1/s1. The van der Waals surface area contributed by atoms with Crippen LogP contribution in [0.15, 0.2) is 46.9 Å². The van der Waals surface area contributed by atoms with Gasteiger partial charge in [-0.05, 0) is 25.3 Å². The van der Waals surface area contributed by atoms with E-state index < -0.39 is 0 Å². The summed E-state index contributed by atoms with van der Waals surface area (Å²) in [5.74, 6) is 1.32. The molecule has 2 aromatic heterocycles. The number of hydrogen-bond donors (Lipinski definition) is 0. The van der Waals surface area contributed by atoms with Gasteiger partial charge in [-0.2, -0.15) is 0 Å². The molecule has 0 radical (unpaired) electrons. The summed E-state index contributed by atoms with van der Waals surface area (Å²) in [6.45, 7) is 10.8. The number of thioether (sulfide) groups is 1. The van der Waals surface area contributed by atoms with E-state index in [-0.39, 0.29) is 11.0 Å². The molecule has 27 heavy (non-hydrogen) atoms. The summed E-state index contributed by atoms with van der Waals surface area (Å²) < 4.78 is 3.51. The molecule has 6 heteroatoms. The Morgan fingerprint density at radius 2 is 2.11 bits per heavy atom. The molecule has 0 bridgehead atoms. The van der Waals surface area contributed by atoms with Crippen LogP contribution in [0.4, 0.5) is 0 Å². The van der Waals surface area contributed by atoms with E-state index in [1.54, 1.807) is 4.40 Å². The number of hydrogen-bond acceptors (Lipinski definition) is 4. The van der Waals surface area contributed by atoms with Crippen molar-refractivity contribution in [1.82, 2.24) is 19.2 Å². The van der Waals surface area contributed by atoms with Crippen molar-refractivity contribution in [3.05, 3.63) is 58.4 Å². The molecular formula is C21H24N4OS. The molecule has 0 amide bonds. The van der Waals surface area contributed by atoms with Crippen LogP contribution < -0.4 is 5.56 Å². The number of nitrogens with zero attached hydrogens (tertiary/aromatic N) is 4. The smallest absolute Gasteiger partial charge is 0.265 e. The maximum absolute atomic E-state index is 13.7. The number of rotatable bonds is 5.